The summed E-state index contributed by atoms with van der Waals surface area (Å²) in [7, 11) is 0. The lowest BCUT2D eigenvalue weighted by molar-refractivity contribution is -0.355. The van der Waals surface area contributed by atoms with Crippen molar-refractivity contribution in [3.05, 3.63) is 0 Å². The molecule has 8 heteroatoms. The van der Waals surface area contributed by atoms with Gasteiger partial charge in [-0.25, -0.2) is 0 Å². The average Bonchev–Trinajstić information content (AvgIpc) is 2.35. The molecule has 0 amide bonds. The van der Waals surface area contributed by atoms with Crippen molar-refractivity contribution in [1.29, 1.82) is 0 Å². The highest BCUT2D eigenvalue weighted by Gasteiger charge is 2.72. The Bertz CT molecular complexity index is 276. The van der Waals surface area contributed by atoms with Gasteiger partial charge in [-0.15, -0.1) is 0 Å². The zero-order valence-electron chi connectivity index (χ0n) is 11.7. The van der Waals surface area contributed by atoms with E-state index in [1.54, 1.807) is 0 Å². The van der Waals surface area contributed by atoms with Crippen LogP contribution < -0.4 is 0 Å². The van der Waals surface area contributed by atoms with E-state index in [2.05, 4.69) is 12.6 Å². The maximum atomic E-state index is 12.9. The van der Waals surface area contributed by atoms with Gasteiger partial charge in [-0.3, -0.25) is 0 Å². The van der Waals surface area contributed by atoms with Crippen LogP contribution in [0.4, 0.5) is 30.7 Å². The summed E-state index contributed by atoms with van der Waals surface area (Å²) in [4.78, 5) is 0. The average molecular weight is 342 g/mol. The first-order valence-electron chi connectivity index (χ1n) is 6.99. The van der Waals surface area contributed by atoms with Gasteiger partial charge in [0.05, 0.1) is 0 Å². The van der Waals surface area contributed by atoms with Gasteiger partial charge in [0.15, 0.2) is 0 Å². The van der Waals surface area contributed by atoms with Crippen molar-refractivity contribution < 1.29 is 30.7 Å². The number of hydrogen-bond acceptors (Lipinski definition) is 1. The molecular formula is C13H21F7S. The summed E-state index contributed by atoms with van der Waals surface area (Å²) in [6, 6.07) is 0. The topological polar surface area (TPSA) is 0 Å². The molecule has 0 aromatic rings. The van der Waals surface area contributed by atoms with E-state index in [4.69, 9.17) is 0 Å². The number of thiol groups is 1. The van der Waals surface area contributed by atoms with Gasteiger partial charge in [-0.1, -0.05) is 38.5 Å². The maximum Gasteiger partial charge on any atom is 0.459 e. The second kappa shape index (κ2) is 9.10. The molecule has 0 aromatic heterocycles. The Morgan fingerprint density at radius 3 is 1.33 bits per heavy atom. The number of hydrogen-bond donors (Lipinski definition) is 1. The first-order chi connectivity index (χ1) is 9.56. The van der Waals surface area contributed by atoms with Crippen LogP contribution in [0.25, 0.3) is 0 Å². The summed E-state index contributed by atoms with van der Waals surface area (Å²) < 4.78 is 86.6. The third-order valence-corrected chi connectivity index (χ3v) is 3.53. The van der Waals surface area contributed by atoms with Crippen molar-refractivity contribution in [2.24, 2.45) is 0 Å². The monoisotopic (exact) mass is 342 g/mol. The minimum atomic E-state index is -6.22. The minimum absolute atomic E-state index is 0.232. The van der Waals surface area contributed by atoms with E-state index < -0.39 is 24.4 Å². The van der Waals surface area contributed by atoms with Gasteiger partial charge in [-0.2, -0.15) is 43.4 Å². The number of alkyl halides is 7. The zero-order valence-corrected chi connectivity index (χ0v) is 12.6. The number of unbranched alkanes of at least 4 members (excludes halogenated alkanes) is 7. The molecular weight excluding hydrogens is 321 g/mol. The summed E-state index contributed by atoms with van der Waals surface area (Å²) in [6.45, 7) is 0. The Balaban J connectivity index is 3.86. The highest BCUT2D eigenvalue weighted by molar-refractivity contribution is 7.80. The molecule has 0 N–H and O–H groups in total. The molecule has 0 rings (SSSR count). The molecule has 0 aromatic carbocycles. The van der Waals surface area contributed by atoms with Crippen LogP contribution >= 0.6 is 12.6 Å². The van der Waals surface area contributed by atoms with Crippen molar-refractivity contribution in [2.45, 2.75) is 75.8 Å². The first kappa shape index (κ1) is 20.9. The maximum absolute atomic E-state index is 12.9. The SMILES string of the molecule is FC(F)(F)C(F)(F)C(F)(F)CCCCCCCCCCS. The lowest BCUT2D eigenvalue weighted by atomic mass is 10.0. The van der Waals surface area contributed by atoms with E-state index in [1.165, 1.54) is 0 Å². The van der Waals surface area contributed by atoms with Crippen molar-refractivity contribution in [2.75, 3.05) is 5.75 Å². The van der Waals surface area contributed by atoms with Gasteiger partial charge < -0.3 is 0 Å². The van der Waals surface area contributed by atoms with Crippen molar-refractivity contribution in [3.63, 3.8) is 0 Å². The van der Waals surface area contributed by atoms with Gasteiger partial charge in [-0.05, 0) is 18.6 Å². The molecule has 0 nitrogen and oxygen atoms in total. The van der Waals surface area contributed by atoms with Gasteiger partial charge in [0.1, 0.15) is 0 Å². The third kappa shape index (κ3) is 7.10. The van der Waals surface area contributed by atoms with Crippen LogP contribution in [0.3, 0.4) is 0 Å². The molecule has 0 bridgehead atoms. The molecule has 0 fully saturated rings. The predicted octanol–water partition coefficient (Wildman–Crippen LogP) is 6.26. The molecule has 0 atom stereocenters. The molecule has 0 unspecified atom stereocenters. The lowest BCUT2D eigenvalue weighted by Crippen LogP contribution is -2.51. The quantitative estimate of drug-likeness (QED) is 0.256. The number of halogens is 7. The highest BCUT2D eigenvalue weighted by Crippen LogP contribution is 2.48. The summed E-state index contributed by atoms with van der Waals surface area (Å²) in [5.74, 6) is -10.2. The van der Waals surface area contributed by atoms with E-state index in [-0.39, 0.29) is 12.8 Å². The largest absolute Gasteiger partial charge is 0.459 e. The molecule has 0 heterocycles. The van der Waals surface area contributed by atoms with Gasteiger partial charge in [0.2, 0.25) is 0 Å². The standard InChI is InChI=1S/C13H21F7S/c14-11(15,12(16,17)13(18,19)20)9-7-5-3-1-2-4-6-8-10-21/h21H,1-10H2. The fourth-order valence-electron chi connectivity index (χ4n) is 1.88. The van der Waals surface area contributed by atoms with Crippen LogP contribution in [-0.4, -0.2) is 23.8 Å². The molecule has 0 aliphatic heterocycles. The normalized spacial score (nSPS) is 13.7. The highest BCUT2D eigenvalue weighted by atomic mass is 32.1. The molecule has 0 saturated carbocycles. The minimum Gasteiger partial charge on any atom is -0.200 e. The van der Waals surface area contributed by atoms with Crippen LogP contribution in [0.2, 0.25) is 0 Å². The molecule has 21 heavy (non-hydrogen) atoms. The van der Waals surface area contributed by atoms with Crippen molar-refractivity contribution in [1.82, 2.24) is 0 Å². The summed E-state index contributed by atoms with van der Waals surface area (Å²) in [6.07, 6.45) is -2.51. The Morgan fingerprint density at radius 1 is 0.571 bits per heavy atom. The second-order valence-corrected chi connectivity index (χ2v) is 5.53. The van der Waals surface area contributed by atoms with E-state index in [0.29, 0.717) is 6.42 Å². The molecule has 128 valence electrons. The zero-order chi connectivity index (χ0) is 16.6. The molecule has 0 spiro atoms. The molecule has 0 aliphatic rings. The molecule has 0 saturated heterocycles. The van der Waals surface area contributed by atoms with Crippen LogP contribution in [0.5, 0.6) is 0 Å². The smallest absolute Gasteiger partial charge is 0.200 e. The fraction of sp³-hybridized carbons (Fsp3) is 1.00. The Morgan fingerprint density at radius 2 is 0.952 bits per heavy atom. The predicted molar refractivity (Wildman–Crippen MR) is 71.4 cm³/mol. The van der Waals surface area contributed by atoms with Crippen LogP contribution in [0, 0.1) is 0 Å². The second-order valence-electron chi connectivity index (χ2n) is 5.08. The van der Waals surface area contributed by atoms with E-state index in [1.807, 2.05) is 0 Å². The van der Waals surface area contributed by atoms with Crippen molar-refractivity contribution in [3.8, 4) is 0 Å². The Labute approximate surface area is 125 Å². The lowest BCUT2D eigenvalue weighted by Gasteiger charge is -2.28. The van der Waals surface area contributed by atoms with Crippen LogP contribution in [0.15, 0.2) is 0 Å². The molecule has 0 aliphatic carbocycles. The van der Waals surface area contributed by atoms with Gasteiger partial charge >= 0.3 is 18.0 Å². The Kier molecular flexibility index (Phi) is 9.04. The summed E-state index contributed by atoms with van der Waals surface area (Å²) in [5.41, 5.74) is 0. The van der Waals surface area contributed by atoms with Crippen LogP contribution in [-0.2, 0) is 0 Å². The van der Waals surface area contributed by atoms with E-state index >= 15 is 0 Å². The van der Waals surface area contributed by atoms with Gasteiger partial charge in [0, 0.05) is 6.42 Å². The first-order valence-corrected chi connectivity index (χ1v) is 7.63. The number of rotatable bonds is 11. The Hall–Kier alpha value is -0.140. The fourth-order valence-corrected chi connectivity index (χ4v) is 2.11. The van der Waals surface area contributed by atoms with E-state index in [0.717, 1.165) is 37.9 Å². The molecule has 0 radical (unpaired) electrons. The summed E-state index contributed by atoms with van der Waals surface area (Å²) >= 11 is 4.05. The summed E-state index contributed by atoms with van der Waals surface area (Å²) in [5, 5.41) is 0. The van der Waals surface area contributed by atoms with Crippen molar-refractivity contribution >= 4 is 12.6 Å². The van der Waals surface area contributed by atoms with Crippen LogP contribution in [0.1, 0.15) is 57.8 Å². The van der Waals surface area contributed by atoms with E-state index in [9.17, 15) is 30.7 Å². The third-order valence-electron chi connectivity index (χ3n) is 3.21. The van der Waals surface area contributed by atoms with Gasteiger partial charge in [0.25, 0.3) is 0 Å².